The van der Waals surface area contributed by atoms with Crippen molar-refractivity contribution in [3.8, 4) is 5.69 Å². The molecule has 1 heterocycles. The van der Waals surface area contributed by atoms with Crippen LogP contribution in [-0.2, 0) is 15.0 Å². The number of para-hydroxylation sites is 1. The van der Waals surface area contributed by atoms with E-state index >= 15 is 0 Å². The smallest absolute Gasteiger partial charge is 0.226 e. The number of nitrogens with zero attached hydrogens (tertiary/aromatic N) is 2. The Bertz CT molecular complexity index is 773. The van der Waals surface area contributed by atoms with Crippen molar-refractivity contribution in [1.82, 2.24) is 15.1 Å². The van der Waals surface area contributed by atoms with Gasteiger partial charge in [-0.25, -0.2) is 4.68 Å². The molecule has 0 fully saturated rings. The summed E-state index contributed by atoms with van der Waals surface area (Å²) in [5.74, 6) is 0.690. The van der Waals surface area contributed by atoms with Gasteiger partial charge in [0.05, 0.1) is 11.4 Å². The summed E-state index contributed by atoms with van der Waals surface area (Å²) >= 11 is 0. The lowest BCUT2D eigenvalue weighted by Crippen LogP contribution is -2.28. The van der Waals surface area contributed by atoms with E-state index in [0.29, 0.717) is 18.3 Å². The molecule has 2 amide bonds. The van der Waals surface area contributed by atoms with Crippen molar-refractivity contribution in [3.63, 3.8) is 0 Å². The van der Waals surface area contributed by atoms with E-state index in [1.165, 1.54) is 0 Å². The second kappa shape index (κ2) is 8.84. The third-order valence-electron chi connectivity index (χ3n) is 4.03. The van der Waals surface area contributed by atoms with Gasteiger partial charge >= 0.3 is 0 Å². The molecule has 0 aliphatic rings. The van der Waals surface area contributed by atoms with Crippen LogP contribution in [0.2, 0.25) is 0 Å². The SMILES string of the molecule is CC(C)CNC(=O)CCC(=O)Nc1cc(C(C)(C)C)nn1-c1ccccc1. The fourth-order valence-electron chi connectivity index (χ4n) is 2.44. The van der Waals surface area contributed by atoms with Crippen molar-refractivity contribution in [2.45, 2.75) is 52.9 Å². The van der Waals surface area contributed by atoms with Crippen molar-refractivity contribution in [2.24, 2.45) is 5.92 Å². The quantitative estimate of drug-likeness (QED) is 0.781. The van der Waals surface area contributed by atoms with Gasteiger partial charge in [-0.15, -0.1) is 0 Å². The number of nitrogens with one attached hydrogen (secondary N) is 2. The van der Waals surface area contributed by atoms with Gasteiger partial charge in [0.2, 0.25) is 11.8 Å². The Balaban J connectivity index is 2.09. The zero-order chi connectivity index (χ0) is 20.0. The van der Waals surface area contributed by atoms with Gasteiger partial charge in [0, 0.05) is 30.9 Å². The molecule has 1 aromatic carbocycles. The van der Waals surface area contributed by atoms with Crippen LogP contribution in [-0.4, -0.2) is 28.1 Å². The van der Waals surface area contributed by atoms with Crippen LogP contribution < -0.4 is 10.6 Å². The highest BCUT2D eigenvalue weighted by Gasteiger charge is 2.21. The summed E-state index contributed by atoms with van der Waals surface area (Å²) in [7, 11) is 0. The summed E-state index contributed by atoms with van der Waals surface area (Å²) < 4.78 is 1.73. The fourth-order valence-corrected chi connectivity index (χ4v) is 2.44. The van der Waals surface area contributed by atoms with Gasteiger partial charge in [0.1, 0.15) is 5.82 Å². The Labute approximate surface area is 161 Å². The first-order chi connectivity index (χ1) is 12.7. The van der Waals surface area contributed by atoms with Gasteiger partial charge < -0.3 is 10.6 Å². The largest absolute Gasteiger partial charge is 0.356 e. The molecular weight excluding hydrogens is 340 g/mol. The van der Waals surface area contributed by atoms with Crippen LogP contribution in [0, 0.1) is 5.92 Å². The minimum atomic E-state index is -0.202. The first-order valence-corrected chi connectivity index (χ1v) is 9.39. The maximum atomic E-state index is 12.4. The Morgan fingerprint density at radius 3 is 2.30 bits per heavy atom. The normalized spacial score (nSPS) is 11.5. The van der Waals surface area contributed by atoms with E-state index in [0.717, 1.165) is 11.4 Å². The molecule has 2 aromatic rings. The van der Waals surface area contributed by atoms with E-state index in [2.05, 4.69) is 36.5 Å². The lowest BCUT2D eigenvalue weighted by atomic mass is 9.92. The fraction of sp³-hybridized carbons (Fsp3) is 0.476. The van der Waals surface area contributed by atoms with E-state index in [1.54, 1.807) is 4.68 Å². The van der Waals surface area contributed by atoms with Crippen LogP contribution in [0.15, 0.2) is 36.4 Å². The molecule has 27 heavy (non-hydrogen) atoms. The van der Waals surface area contributed by atoms with Crippen LogP contribution in [0.5, 0.6) is 0 Å². The van der Waals surface area contributed by atoms with Crippen LogP contribution in [0.3, 0.4) is 0 Å². The van der Waals surface area contributed by atoms with E-state index in [-0.39, 0.29) is 30.1 Å². The summed E-state index contributed by atoms with van der Waals surface area (Å²) in [6, 6.07) is 11.6. The monoisotopic (exact) mass is 370 g/mol. The van der Waals surface area contributed by atoms with E-state index < -0.39 is 0 Å². The highest BCUT2D eigenvalue weighted by Crippen LogP contribution is 2.26. The summed E-state index contributed by atoms with van der Waals surface area (Å²) in [6.45, 7) is 10.9. The van der Waals surface area contributed by atoms with Crippen LogP contribution in [0.1, 0.15) is 53.2 Å². The predicted molar refractivity (Wildman–Crippen MR) is 108 cm³/mol. The number of carbonyl (C=O) groups is 2. The molecule has 146 valence electrons. The molecule has 0 aliphatic heterocycles. The Hall–Kier alpha value is -2.63. The molecule has 1 aromatic heterocycles. The second-order valence-corrected chi connectivity index (χ2v) is 8.16. The van der Waals surface area contributed by atoms with Gasteiger partial charge in [-0.3, -0.25) is 9.59 Å². The van der Waals surface area contributed by atoms with Gasteiger partial charge in [0.25, 0.3) is 0 Å². The van der Waals surface area contributed by atoms with Crippen molar-refractivity contribution in [3.05, 3.63) is 42.1 Å². The van der Waals surface area contributed by atoms with Crippen molar-refractivity contribution < 1.29 is 9.59 Å². The molecule has 2 rings (SSSR count). The molecule has 0 bridgehead atoms. The summed E-state index contributed by atoms with van der Waals surface area (Å²) in [5, 5.41) is 10.4. The standard InChI is InChI=1S/C21H30N4O2/c1-15(2)14-22-19(26)11-12-20(27)23-18-13-17(21(3,4)5)24-25(18)16-9-7-6-8-10-16/h6-10,13,15H,11-12,14H2,1-5H3,(H,22,26)(H,23,27). The number of rotatable bonds is 7. The molecular formula is C21H30N4O2. The maximum Gasteiger partial charge on any atom is 0.226 e. The molecule has 0 unspecified atom stereocenters. The number of amides is 2. The summed E-state index contributed by atoms with van der Waals surface area (Å²) in [4.78, 5) is 24.2. The third-order valence-corrected chi connectivity index (χ3v) is 4.03. The van der Waals surface area contributed by atoms with Crippen molar-refractivity contribution in [1.29, 1.82) is 0 Å². The molecule has 6 nitrogen and oxygen atoms in total. The highest BCUT2D eigenvalue weighted by atomic mass is 16.2. The van der Waals surface area contributed by atoms with Crippen molar-refractivity contribution in [2.75, 3.05) is 11.9 Å². The molecule has 6 heteroatoms. The maximum absolute atomic E-state index is 12.4. The summed E-state index contributed by atoms with van der Waals surface area (Å²) in [6.07, 6.45) is 0.304. The van der Waals surface area contributed by atoms with Gasteiger partial charge in [-0.1, -0.05) is 52.8 Å². The van der Waals surface area contributed by atoms with E-state index in [1.807, 2.05) is 50.2 Å². The zero-order valence-corrected chi connectivity index (χ0v) is 16.9. The summed E-state index contributed by atoms with van der Waals surface area (Å²) in [5.41, 5.74) is 1.62. The molecule has 0 atom stereocenters. The Morgan fingerprint density at radius 2 is 1.70 bits per heavy atom. The molecule has 2 N–H and O–H groups in total. The molecule has 0 saturated carbocycles. The van der Waals surface area contributed by atoms with Crippen LogP contribution >= 0.6 is 0 Å². The molecule has 0 spiro atoms. The number of benzene rings is 1. The Morgan fingerprint density at radius 1 is 1.07 bits per heavy atom. The van der Waals surface area contributed by atoms with Gasteiger partial charge in [-0.2, -0.15) is 5.10 Å². The van der Waals surface area contributed by atoms with Crippen LogP contribution in [0.4, 0.5) is 5.82 Å². The average Bonchev–Trinajstić information content (AvgIpc) is 3.03. The van der Waals surface area contributed by atoms with Crippen molar-refractivity contribution >= 4 is 17.6 Å². The zero-order valence-electron chi connectivity index (χ0n) is 16.9. The number of anilines is 1. The van der Waals surface area contributed by atoms with E-state index in [4.69, 9.17) is 0 Å². The Kier molecular flexibility index (Phi) is 6.77. The predicted octanol–water partition coefficient (Wildman–Crippen LogP) is 3.66. The minimum absolute atomic E-state index is 0.106. The van der Waals surface area contributed by atoms with Crippen LogP contribution in [0.25, 0.3) is 5.69 Å². The lowest BCUT2D eigenvalue weighted by Gasteiger charge is -2.14. The first kappa shape index (κ1) is 20.7. The molecule has 0 aliphatic carbocycles. The number of aromatic nitrogens is 2. The number of hydrogen-bond donors (Lipinski definition) is 2. The van der Waals surface area contributed by atoms with Gasteiger partial charge in [0.15, 0.2) is 0 Å². The molecule has 0 saturated heterocycles. The highest BCUT2D eigenvalue weighted by molar-refractivity contribution is 5.92. The van der Waals surface area contributed by atoms with E-state index in [9.17, 15) is 9.59 Å². The number of carbonyl (C=O) groups excluding carboxylic acids is 2. The topological polar surface area (TPSA) is 76.0 Å². The second-order valence-electron chi connectivity index (χ2n) is 8.16. The third kappa shape index (κ3) is 6.24. The average molecular weight is 370 g/mol. The molecule has 0 radical (unpaired) electrons. The lowest BCUT2D eigenvalue weighted by molar-refractivity contribution is -0.124. The van der Waals surface area contributed by atoms with Gasteiger partial charge in [-0.05, 0) is 18.1 Å². The first-order valence-electron chi connectivity index (χ1n) is 9.39. The minimum Gasteiger partial charge on any atom is -0.356 e. The number of hydrogen-bond acceptors (Lipinski definition) is 3.